The fraction of sp³-hybridized carbons (Fsp3) is 0.417. The van der Waals surface area contributed by atoms with Gasteiger partial charge in [0.15, 0.2) is 23.3 Å². The number of rotatable bonds is 5. The molecule has 0 fully saturated rings. The van der Waals surface area contributed by atoms with E-state index in [4.69, 9.17) is 5.73 Å². The van der Waals surface area contributed by atoms with Crippen LogP contribution in [-0.4, -0.2) is 12.5 Å². The van der Waals surface area contributed by atoms with Crippen molar-refractivity contribution in [3.8, 4) is 0 Å². The number of nitrogens with two attached hydrogens (primary N) is 1. The van der Waals surface area contributed by atoms with E-state index in [1.54, 1.807) is 12.2 Å². The average Bonchev–Trinajstić information content (AvgIpc) is 2.45. The van der Waals surface area contributed by atoms with Gasteiger partial charge in [-0.15, -0.1) is 0 Å². The highest BCUT2D eigenvalue weighted by Gasteiger charge is 2.27. The SMILES string of the molecule is CCC(CN)CC(=O)Nc1c(F)c(F)c(F)c(F)c1F. The molecule has 0 aliphatic rings. The van der Waals surface area contributed by atoms with Crippen LogP contribution in [0.5, 0.6) is 0 Å². The van der Waals surface area contributed by atoms with E-state index in [9.17, 15) is 26.7 Å². The van der Waals surface area contributed by atoms with Gasteiger partial charge < -0.3 is 11.1 Å². The Morgan fingerprint density at radius 3 is 1.90 bits per heavy atom. The molecule has 1 atom stereocenters. The van der Waals surface area contributed by atoms with Gasteiger partial charge in [0.2, 0.25) is 11.7 Å². The van der Waals surface area contributed by atoms with E-state index in [0.29, 0.717) is 6.42 Å². The van der Waals surface area contributed by atoms with Crippen molar-refractivity contribution in [3.05, 3.63) is 29.1 Å². The molecule has 0 saturated carbocycles. The van der Waals surface area contributed by atoms with Crippen LogP contribution in [0.1, 0.15) is 19.8 Å². The Kier molecular flexibility index (Phi) is 5.43. The third-order valence-corrected chi connectivity index (χ3v) is 2.86. The summed E-state index contributed by atoms with van der Waals surface area (Å²) in [6.07, 6.45) is 0.369. The van der Waals surface area contributed by atoms with Crippen molar-refractivity contribution in [2.45, 2.75) is 19.8 Å². The van der Waals surface area contributed by atoms with Gasteiger partial charge in [-0.25, -0.2) is 22.0 Å². The Bertz CT molecular complexity index is 488. The lowest BCUT2D eigenvalue weighted by Crippen LogP contribution is -2.23. The minimum atomic E-state index is -2.27. The summed E-state index contributed by atoms with van der Waals surface area (Å²) in [5.41, 5.74) is 4.01. The fourth-order valence-corrected chi connectivity index (χ4v) is 1.56. The highest BCUT2D eigenvalue weighted by atomic mass is 19.2. The number of benzene rings is 1. The van der Waals surface area contributed by atoms with Crippen molar-refractivity contribution < 1.29 is 26.7 Å². The third kappa shape index (κ3) is 3.24. The first-order valence-corrected chi connectivity index (χ1v) is 5.84. The van der Waals surface area contributed by atoms with Gasteiger partial charge in [-0.2, -0.15) is 0 Å². The van der Waals surface area contributed by atoms with E-state index >= 15 is 0 Å². The molecule has 8 heteroatoms. The summed E-state index contributed by atoms with van der Waals surface area (Å²) in [5.74, 6) is -11.7. The van der Waals surface area contributed by atoms with E-state index in [0.717, 1.165) is 0 Å². The van der Waals surface area contributed by atoms with Crippen LogP contribution in [0.25, 0.3) is 0 Å². The van der Waals surface area contributed by atoms with Gasteiger partial charge in [0.1, 0.15) is 5.69 Å². The highest BCUT2D eigenvalue weighted by molar-refractivity contribution is 5.91. The van der Waals surface area contributed by atoms with Crippen molar-refractivity contribution >= 4 is 11.6 Å². The molecule has 20 heavy (non-hydrogen) atoms. The number of halogens is 5. The number of carbonyl (C=O) groups excluding carboxylic acids is 1. The lowest BCUT2D eigenvalue weighted by molar-refractivity contribution is -0.117. The first kappa shape index (κ1) is 16.4. The van der Waals surface area contributed by atoms with E-state index < -0.39 is 40.7 Å². The molecule has 0 aromatic heterocycles. The molecule has 0 saturated heterocycles. The highest BCUT2D eigenvalue weighted by Crippen LogP contribution is 2.27. The first-order valence-electron chi connectivity index (χ1n) is 5.84. The van der Waals surface area contributed by atoms with Gasteiger partial charge in [0.05, 0.1) is 0 Å². The molecule has 0 aliphatic heterocycles. The second-order valence-corrected chi connectivity index (χ2v) is 4.21. The lowest BCUT2D eigenvalue weighted by Gasteiger charge is -2.13. The van der Waals surface area contributed by atoms with Crippen molar-refractivity contribution in [1.29, 1.82) is 0 Å². The van der Waals surface area contributed by atoms with Gasteiger partial charge in [-0.3, -0.25) is 4.79 Å². The van der Waals surface area contributed by atoms with Crippen LogP contribution in [0.2, 0.25) is 0 Å². The van der Waals surface area contributed by atoms with Crippen molar-refractivity contribution in [3.63, 3.8) is 0 Å². The summed E-state index contributed by atoms with van der Waals surface area (Å²) in [5, 5.41) is 1.70. The van der Waals surface area contributed by atoms with Crippen molar-refractivity contribution in [2.75, 3.05) is 11.9 Å². The Labute approximate surface area is 112 Å². The molecule has 0 aliphatic carbocycles. The predicted molar refractivity (Wildman–Crippen MR) is 62.3 cm³/mol. The van der Waals surface area contributed by atoms with Gasteiger partial charge in [-0.1, -0.05) is 13.3 Å². The largest absolute Gasteiger partial charge is 0.330 e. The molecule has 1 aromatic carbocycles. The van der Waals surface area contributed by atoms with Crippen LogP contribution in [-0.2, 0) is 4.79 Å². The molecule has 0 radical (unpaired) electrons. The molecule has 0 heterocycles. The molecule has 0 spiro atoms. The maximum Gasteiger partial charge on any atom is 0.224 e. The third-order valence-electron chi connectivity index (χ3n) is 2.86. The van der Waals surface area contributed by atoms with Gasteiger partial charge in [-0.05, 0) is 12.5 Å². The molecule has 3 nitrogen and oxygen atoms in total. The zero-order valence-electron chi connectivity index (χ0n) is 10.6. The number of anilines is 1. The van der Waals surface area contributed by atoms with E-state index in [2.05, 4.69) is 0 Å². The summed E-state index contributed by atoms with van der Waals surface area (Å²) < 4.78 is 65.2. The van der Waals surface area contributed by atoms with Crippen LogP contribution < -0.4 is 11.1 Å². The Morgan fingerprint density at radius 1 is 1.05 bits per heavy atom. The number of nitrogens with one attached hydrogen (secondary N) is 1. The quantitative estimate of drug-likeness (QED) is 0.498. The van der Waals surface area contributed by atoms with Crippen molar-refractivity contribution in [1.82, 2.24) is 0 Å². The zero-order valence-corrected chi connectivity index (χ0v) is 10.6. The molecule has 0 bridgehead atoms. The summed E-state index contributed by atoms with van der Waals surface area (Å²) in [6, 6.07) is 0. The molecule has 1 aromatic rings. The maximum absolute atomic E-state index is 13.3. The summed E-state index contributed by atoms with van der Waals surface area (Å²) in [4.78, 5) is 11.5. The maximum atomic E-state index is 13.3. The zero-order chi connectivity index (χ0) is 15.4. The Morgan fingerprint density at radius 2 is 1.50 bits per heavy atom. The van der Waals surface area contributed by atoms with Gasteiger partial charge in [0, 0.05) is 6.42 Å². The van der Waals surface area contributed by atoms with E-state index in [1.165, 1.54) is 0 Å². The fourth-order valence-electron chi connectivity index (χ4n) is 1.56. The monoisotopic (exact) mass is 296 g/mol. The minimum absolute atomic E-state index is 0.168. The molecular weight excluding hydrogens is 283 g/mol. The van der Waals surface area contributed by atoms with Crippen LogP contribution in [0, 0.1) is 35.0 Å². The average molecular weight is 296 g/mol. The second kappa shape index (κ2) is 6.65. The number of amides is 1. The standard InChI is InChI=1S/C12H13F5N2O/c1-2-5(4-18)3-6(20)19-12-10(16)8(14)7(13)9(15)11(12)17/h5H,2-4,18H2,1H3,(H,19,20). The number of carbonyl (C=O) groups is 1. The number of hydrogen-bond donors (Lipinski definition) is 2. The van der Waals surface area contributed by atoms with Crippen LogP contribution in [0.4, 0.5) is 27.6 Å². The Balaban J connectivity index is 3.01. The van der Waals surface area contributed by atoms with Crippen LogP contribution >= 0.6 is 0 Å². The topological polar surface area (TPSA) is 55.1 Å². The van der Waals surface area contributed by atoms with Crippen LogP contribution in [0.3, 0.4) is 0 Å². The summed E-state index contributed by atoms with van der Waals surface area (Å²) in [7, 11) is 0. The first-order chi connectivity index (χ1) is 9.33. The van der Waals surface area contributed by atoms with Crippen molar-refractivity contribution in [2.24, 2.45) is 11.7 Å². The molecule has 1 amide bonds. The predicted octanol–water partition coefficient (Wildman–Crippen LogP) is 2.70. The summed E-state index contributed by atoms with van der Waals surface area (Å²) >= 11 is 0. The Hall–Kier alpha value is -1.70. The smallest absolute Gasteiger partial charge is 0.224 e. The summed E-state index contributed by atoms with van der Waals surface area (Å²) in [6.45, 7) is 1.92. The number of hydrogen-bond acceptors (Lipinski definition) is 2. The molecular formula is C12H13F5N2O. The lowest BCUT2D eigenvalue weighted by atomic mass is 10.0. The van der Waals surface area contributed by atoms with Crippen LogP contribution in [0.15, 0.2) is 0 Å². The molecule has 1 unspecified atom stereocenters. The molecule has 112 valence electrons. The minimum Gasteiger partial charge on any atom is -0.330 e. The second-order valence-electron chi connectivity index (χ2n) is 4.21. The normalized spacial score (nSPS) is 12.3. The molecule has 1 rings (SSSR count). The van der Waals surface area contributed by atoms with E-state index in [-0.39, 0.29) is 18.9 Å². The van der Waals surface area contributed by atoms with E-state index in [1.807, 2.05) is 0 Å². The molecule has 3 N–H and O–H groups in total. The van der Waals surface area contributed by atoms with Gasteiger partial charge >= 0.3 is 0 Å². The van der Waals surface area contributed by atoms with Gasteiger partial charge in [0.25, 0.3) is 0 Å².